The molecule has 0 spiro atoms. The highest BCUT2D eigenvalue weighted by molar-refractivity contribution is 9.10. The van der Waals surface area contributed by atoms with Crippen molar-refractivity contribution in [2.75, 3.05) is 16.8 Å². The second kappa shape index (κ2) is 11.5. The number of hydrogen-bond donors (Lipinski definition) is 2. The molecule has 12 heteroatoms. The SMILES string of the molecule is O=C(COc1ccc(/C=C2\C(=O)NC(=O)N(c3ccc(Br)cc3)C2=O)cc1Br)Nc1ccc(Cl)c(Cl)c1. The van der Waals surface area contributed by atoms with Crippen LogP contribution in [0.3, 0.4) is 0 Å². The fourth-order valence-corrected chi connectivity index (χ4v) is 4.36. The summed E-state index contributed by atoms with van der Waals surface area (Å²) in [5.41, 5.74) is 1.05. The predicted octanol–water partition coefficient (Wildman–Crippen LogP) is 6.20. The number of imide groups is 2. The second-order valence-corrected chi connectivity index (χ2v) is 10.2. The molecule has 3 aromatic rings. The Morgan fingerprint density at radius 2 is 1.70 bits per heavy atom. The quantitative estimate of drug-likeness (QED) is 0.241. The van der Waals surface area contributed by atoms with Crippen LogP contribution in [0.2, 0.25) is 10.0 Å². The Morgan fingerprint density at radius 3 is 2.38 bits per heavy atom. The van der Waals surface area contributed by atoms with E-state index in [2.05, 4.69) is 42.5 Å². The lowest BCUT2D eigenvalue weighted by molar-refractivity contribution is -0.122. The highest BCUT2D eigenvalue weighted by atomic mass is 79.9. The van der Waals surface area contributed by atoms with Crippen molar-refractivity contribution in [2.24, 2.45) is 0 Å². The number of nitrogens with one attached hydrogen (secondary N) is 2. The van der Waals surface area contributed by atoms with Gasteiger partial charge in [-0.3, -0.25) is 19.7 Å². The van der Waals surface area contributed by atoms with Crippen LogP contribution in [0.1, 0.15) is 5.56 Å². The lowest BCUT2D eigenvalue weighted by Gasteiger charge is -2.26. The van der Waals surface area contributed by atoms with E-state index in [1.54, 1.807) is 54.6 Å². The summed E-state index contributed by atoms with van der Waals surface area (Å²) in [7, 11) is 0. The second-order valence-electron chi connectivity index (χ2n) is 7.59. The summed E-state index contributed by atoms with van der Waals surface area (Å²) in [5, 5.41) is 5.51. The summed E-state index contributed by atoms with van der Waals surface area (Å²) < 4.78 is 6.82. The molecule has 1 heterocycles. The lowest BCUT2D eigenvalue weighted by atomic mass is 10.1. The average molecular weight is 668 g/mol. The van der Waals surface area contributed by atoms with E-state index in [1.165, 1.54) is 12.1 Å². The molecule has 0 bridgehead atoms. The lowest BCUT2D eigenvalue weighted by Crippen LogP contribution is -2.54. The number of halogens is 4. The van der Waals surface area contributed by atoms with Gasteiger partial charge >= 0.3 is 6.03 Å². The molecule has 8 nitrogen and oxygen atoms in total. The average Bonchev–Trinajstić information content (AvgIpc) is 2.84. The van der Waals surface area contributed by atoms with Gasteiger partial charge in [0.1, 0.15) is 11.3 Å². The molecule has 0 aliphatic carbocycles. The number of urea groups is 1. The summed E-state index contributed by atoms with van der Waals surface area (Å²) in [4.78, 5) is 50.9. The monoisotopic (exact) mass is 665 g/mol. The van der Waals surface area contributed by atoms with Crippen molar-refractivity contribution in [3.63, 3.8) is 0 Å². The van der Waals surface area contributed by atoms with Crippen LogP contribution >= 0.6 is 55.1 Å². The summed E-state index contributed by atoms with van der Waals surface area (Å²) in [6.07, 6.45) is 1.36. The van der Waals surface area contributed by atoms with E-state index in [0.717, 1.165) is 9.37 Å². The fourth-order valence-electron chi connectivity index (χ4n) is 3.29. The molecule has 1 fully saturated rings. The molecule has 1 saturated heterocycles. The minimum atomic E-state index is -0.835. The Balaban J connectivity index is 1.46. The minimum absolute atomic E-state index is 0.218. The van der Waals surface area contributed by atoms with E-state index in [4.69, 9.17) is 27.9 Å². The van der Waals surface area contributed by atoms with E-state index >= 15 is 0 Å². The number of anilines is 2. The third-order valence-corrected chi connectivity index (χ3v) is 6.90. The van der Waals surface area contributed by atoms with Gasteiger partial charge < -0.3 is 10.1 Å². The number of amides is 5. The Labute approximate surface area is 237 Å². The number of carbonyl (C=O) groups excluding carboxylic acids is 4. The maximum atomic E-state index is 13.0. The number of benzene rings is 3. The Bertz CT molecular complexity index is 1460. The van der Waals surface area contributed by atoms with Crippen molar-refractivity contribution in [3.8, 4) is 5.75 Å². The fraction of sp³-hybridized carbons (Fsp3) is 0.0400. The van der Waals surface area contributed by atoms with Crippen LogP contribution < -0.4 is 20.3 Å². The first-order valence-corrected chi connectivity index (χ1v) is 12.8. The highest BCUT2D eigenvalue weighted by Crippen LogP contribution is 2.29. The first-order valence-electron chi connectivity index (χ1n) is 10.5. The van der Waals surface area contributed by atoms with Crippen LogP contribution in [-0.2, 0) is 14.4 Å². The molecule has 0 aromatic heterocycles. The van der Waals surface area contributed by atoms with Gasteiger partial charge in [-0.25, -0.2) is 9.69 Å². The molecule has 37 heavy (non-hydrogen) atoms. The van der Waals surface area contributed by atoms with Gasteiger partial charge in [-0.15, -0.1) is 0 Å². The Hall–Kier alpha value is -3.18. The summed E-state index contributed by atoms with van der Waals surface area (Å²) >= 11 is 18.5. The molecule has 1 aliphatic rings. The molecule has 5 amide bonds. The van der Waals surface area contributed by atoms with Crippen molar-refractivity contribution in [1.29, 1.82) is 0 Å². The van der Waals surface area contributed by atoms with Gasteiger partial charge in [0, 0.05) is 10.2 Å². The van der Waals surface area contributed by atoms with Crippen molar-refractivity contribution in [1.82, 2.24) is 5.32 Å². The van der Waals surface area contributed by atoms with Crippen molar-refractivity contribution in [3.05, 3.63) is 90.8 Å². The van der Waals surface area contributed by atoms with E-state index in [-0.39, 0.29) is 12.2 Å². The van der Waals surface area contributed by atoms with E-state index < -0.39 is 23.8 Å². The number of carbonyl (C=O) groups is 4. The maximum Gasteiger partial charge on any atom is 0.335 e. The third kappa shape index (κ3) is 6.40. The highest BCUT2D eigenvalue weighted by Gasteiger charge is 2.36. The summed E-state index contributed by atoms with van der Waals surface area (Å²) in [6.45, 7) is -0.287. The number of ether oxygens (including phenoxy) is 1. The third-order valence-electron chi connectivity index (χ3n) is 5.02. The Morgan fingerprint density at radius 1 is 0.973 bits per heavy atom. The molecule has 3 aromatic carbocycles. The minimum Gasteiger partial charge on any atom is -0.483 e. The molecule has 2 N–H and O–H groups in total. The van der Waals surface area contributed by atoms with Crippen molar-refractivity contribution >= 4 is 96.3 Å². The Kier molecular flexibility index (Phi) is 8.33. The molecular formula is C25H15Br2Cl2N3O5. The standard InChI is InChI=1S/C25H15Br2Cl2N3O5/c26-14-2-5-16(6-3-14)32-24(35)17(23(34)31-25(32)36)9-13-1-8-21(18(27)10-13)37-12-22(33)30-15-4-7-19(28)20(29)11-15/h1-11H,12H2,(H,30,33)(H,31,34,36)/b17-9+. The molecule has 0 unspecified atom stereocenters. The van der Waals surface area contributed by atoms with Gasteiger partial charge in [0.2, 0.25) is 0 Å². The molecule has 188 valence electrons. The molecule has 0 atom stereocenters. The van der Waals surface area contributed by atoms with Crippen molar-refractivity contribution in [2.45, 2.75) is 0 Å². The summed E-state index contributed by atoms with van der Waals surface area (Å²) in [6, 6.07) is 15.2. The van der Waals surface area contributed by atoms with Crippen LogP contribution in [0.4, 0.5) is 16.2 Å². The van der Waals surface area contributed by atoms with Gasteiger partial charge in [0.15, 0.2) is 6.61 Å². The largest absolute Gasteiger partial charge is 0.483 e. The van der Waals surface area contributed by atoms with Gasteiger partial charge in [-0.05, 0) is 82.2 Å². The molecule has 0 radical (unpaired) electrons. The van der Waals surface area contributed by atoms with Gasteiger partial charge in [-0.2, -0.15) is 0 Å². The molecular weight excluding hydrogens is 653 g/mol. The zero-order valence-electron chi connectivity index (χ0n) is 18.6. The zero-order valence-corrected chi connectivity index (χ0v) is 23.2. The van der Waals surface area contributed by atoms with Crippen LogP contribution in [0.5, 0.6) is 5.75 Å². The van der Waals surface area contributed by atoms with Gasteiger partial charge in [-0.1, -0.05) is 45.2 Å². The zero-order chi connectivity index (χ0) is 26.7. The number of rotatable bonds is 6. The smallest absolute Gasteiger partial charge is 0.335 e. The topological polar surface area (TPSA) is 105 Å². The molecule has 4 rings (SSSR count). The molecule has 0 saturated carbocycles. The number of nitrogens with zero attached hydrogens (tertiary/aromatic N) is 1. The van der Waals surface area contributed by atoms with Gasteiger partial charge in [0.05, 0.1) is 20.2 Å². The van der Waals surface area contributed by atoms with E-state index in [9.17, 15) is 19.2 Å². The van der Waals surface area contributed by atoms with Gasteiger partial charge in [0.25, 0.3) is 17.7 Å². The predicted molar refractivity (Wildman–Crippen MR) is 148 cm³/mol. The number of hydrogen-bond acceptors (Lipinski definition) is 5. The first kappa shape index (κ1) is 26.9. The maximum absolute atomic E-state index is 13.0. The van der Waals surface area contributed by atoms with Crippen molar-refractivity contribution < 1.29 is 23.9 Å². The van der Waals surface area contributed by atoms with Crippen LogP contribution in [-0.4, -0.2) is 30.4 Å². The van der Waals surface area contributed by atoms with E-state index in [0.29, 0.717) is 37.2 Å². The number of barbiturate groups is 1. The van der Waals surface area contributed by atoms with Crippen LogP contribution in [0, 0.1) is 0 Å². The molecule has 1 aliphatic heterocycles. The normalized spacial score (nSPS) is 14.5. The van der Waals surface area contributed by atoms with Crippen LogP contribution in [0.25, 0.3) is 6.08 Å². The van der Waals surface area contributed by atoms with Crippen LogP contribution in [0.15, 0.2) is 75.2 Å². The first-order chi connectivity index (χ1) is 17.6. The van der Waals surface area contributed by atoms with E-state index in [1.807, 2.05) is 0 Å². The summed E-state index contributed by atoms with van der Waals surface area (Å²) in [5.74, 6) is -1.62.